The number of carbonyl (C=O) groups is 1. The van der Waals surface area contributed by atoms with Gasteiger partial charge in [0.25, 0.3) is 0 Å². The summed E-state index contributed by atoms with van der Waals surface area (Å²) in [4.78, 5) is 12.2. The summed E-state index contributed by atoms with van der Waals surface area (Å²) in [6.45, 7) is 7.84. The zero-order chi connectivity index (χ0) is 20.2. The van der Waals surface area contributed by atoms with E-state index in [1.54, 1.807) is 0 Å². The molecule has 0 bridgehead atoms. The number of anilines is 2. The molecule has 0 spiro atoms. The van der Waals surface area contributed by atoms with Crippen LogP contribution >= 0.6 is 0 Å². The lowest BCUT2D eigenvalue weighted by atomic mass is 10.2. The second kappa shape index (κ2) is 11.9. The molecule has 0 radical (unpaired) electrons. The molecular formula is C22H30N2O4. The molecule has 1 atom stereocenters. The number of hydrogen-bond acceptors (Lipinski definition) is 5. The van der Waals surface area contributed by atoms with Gasteiger partial charge in [0.05, 0.1) is 24.9 Å². The lowest BCUT2D eigenvalue weighted by Gasteiger charge is -2.14. The highest BCUT2D eigenvalue weighted by atomic mass is 16.5. The highest BCUT2D eigenvalue weighted by Gasteiger charge is 2.07. The Balaban J connectivity index is 1.82. The first-order valence-corrected chi connectivity index (χ1v) is 9.72. The van der Waals surface area contributed by atoms with Crippen LogP contribution in [-0.4, -0.2) is 38.4 Å². The molecule has 0 aromatic heterocycles. The van der Waals surface area contributed by atoms with Crippen LogP contribution in [0.2, 0.25) is 0 Å². The van der Waals surface area contributed by atoms with Crippen LogP contribution in [-0.2, 0) is 9.53 Å². The summed E-state index contributed by atoms with van der Waals surface area (Å²) in [5, 5.41) is 5.98. The quantitative estimate of drug-likeness (QED) is 0.532. The highest BCUT2D eigenvalue weighted by molar-refractivity contribution is 5.94. The van der Waals surface area contributed by atoms with Gasteiger partial charge in [-0.1, -0.05) is 19.1 Å². The van der Waals surface area contributed by atoms with Gasteiger partial charge in [-0.25, -0.2) is 0 Å². The number of rotatable bonds is 12. The molecule has 1 amide bonds. The van der Waals surface area contributed by atoms with E-state index in [0.29, 0.717) is 25.6 Å². The predicted molar refractivity (Wildman–Crippen MR) is 112 cm³/mol. The van der Waals surface area contributed by atoms with Crippen LogP contribution in [0.3, 0.4) is 0 Å². The molecule has 28 heavy (non-hydrogen) atoms. The third kappa shape index (κ3) is 7.48. The monoisotopic (exact) mass is 386 g/mol. The minimum absolute atomic E-state index is 0.136. The first-order chi connectivity index (χ1) is 13.6. The van der Waals surface area contributed by atoms with Gasteiger partial charge in [0, 0.05) is 12.3 Å². The van der Waals surface area contributed by atoms with Crippen LogP contribution < -0.4 is 20.1 Å². The number of benzene rings is 2. The summed E-state index contributed by atoms with van der Waals surface area (Å²) in [5.74, 6) is 1.35. The van der Waals surface area contributed by atoms with E-state index in [2.05, 4.69) is 17.6 Å². The van der Waals surface area contributed by atoms with Crippen LogP contribution in [0.1, 0.15) is 27.2 Å². The third-order valence-corrected chi connectivity index (χ3v) is 4.07. The summed E-state index contributed by atoms with van der Waals surface area (Å²) in [6.07, 6.45) is 1.11. The van der Waals surface area contributed by atoms with Crippen LogP contribution in [0, 0.1) is 0 Å². The fourth-order valence-electron chi connectivity index (χ4n) is 2.41. The Morgan fingerprint density at radius 1 is 1.04 bits per heavy atom. The van der Waals surface area contributed by atoms with Crippen molar-refractivity contribution in [3.8, 4) is 11.5 Å². The van der Waals surface area contributed by atoms with Gasteiger partial charge in [-0.15, -0.1) is 0 Å². The number of ether oxygens (including phenoxy) is 3. The molecule has 6 heteroatoms. The van der Waals surface area contributed by atoms with Crippen LogP contribution in [0.5, 0.6) is 11.5 Å². The van der Waals surface area contributed by atoms with E-state index in [0.717, 1.165) is 23.5 Å². The normalized spacial score (nSPS) is 11.5. The molecule has 0 saturated carbocycles. The maximum Gasteiger partial charge on any atom is 0.243 e. The number of amides is 1. The van der Waals surface area contributed by atoms with Crippen molar-refractivity contribution in [2.24, 2.45) is 0 Å². The molecule has 2 aromatic rings. The average molecular weight is 386 g/mol. The van der Waals surface area contributed by atoms with Crippen LogP contribution in [0.15, 0.2) is 48.5 Å². The van der Waals surface area contributed by atoms with Gasteiger partial charge < -0.3 is 24.8 Å². The second-order valence-corrected chi connectivity index (χ2v) is 6.30. The lowest BCUT2D eigenvalue weighted by molar-refractivity contribution is -0.114. The van der Waals surface area contributed by atoms with E-state index in [4.69, 9.17) is 14.2 Å². The summed E-state index contributed by atoms with van der Waals surface area (Å²) in [5.41, 5.74) is 1.50. The van der Waals surface area contributed by atoms with Crippen LogP contribution in [0.4, 0.5) is 11.4 Å². The van der Waals surface area contributed by atoms with Gasteiger partial charge in [-0.2, -0.15) is 0 Å². The Kier molecular flexibility index (Phi) is 9.15. The molecule has 0 saturated heterocycles. The van der Waals surface area contributed by atoms with Crippen molar-refractivity contribution in [1.82, 2.24) is 0 Å². The SMILES string of the molecule is CCOCCOc1ccccc1NCC(=O)Nc1ccc(OC(C)CC)cc1. The Morgan fingerprint density at radius 2 is 1.79 bits per heavy atom. The highest BCUT2D eigenvalue weighted by Crippen LogP contribution is 2.23. The van der Waals surface area contributed by atoms with Crippen molar-refractivity contribution in [3.63, 3.8) is 0 Å². The number of hydrogen-bond donors (Lipinski definition) is 2. The molecule has 2 aromatic carbocycles. The number of para-hydroxylation sites is 2. The summed E-state index contributed by atoms with van der Waals surface area (Å²) in [6, 6.07) is 14.9. The van der Waals surface area contributed by atoms with Gasteiger partial charge >= 0.3 is 0 Å². The van der Waals surface area contributed by atoms with Gasteiger partial charge in [0.1, 0.15) is 18.1 Å². The minimum Gasteiger partial charge on any atom is -0.491 e. The molecular weight excluding hydrogens is 356 g/mol. The van der Waals surface area contributed by atoms with E-state index < -0.39 is 0 Å². The largest absolute Gasteiger partial charge is 0.491 e. The summed E-state index contributed by atoms with van der Waals surface area (Å²) < 4.78 is 16.7. The third-order valence-electron chi connectivity index (χ3n) is 4.07. The smallest absolute Gasteiger partial charge is 0.243 e. The van der Waals surface area contributed by atoms with Crippen molar-refractivity contribution in [2.45, 2.75) is 33.3 Å². The van der Waals surface area contributed by atoms with Crippen molar-refractivity contribution in [2.75, 3.05) is 37.0 Å². The van der Waals surface area contributed by atoms with E-state index in [9.17, 15) is 4.79 Å². The summed E-state index contributed by atoms with van der Waals surface area (Å²) >= 11 is 0. The van der Waals surface area contributed by atoms with Gasteiger partial charge in [-0.3, -0.25) is 4.79 Å². The van der Waals surface area contributed by atoms with E-state index in [-0.39, 0.29) is 18.6 Å². The Hall–Kier alpha value is -2.73. The molecule has 2 rings (SSSR count). The number of carbonyl (C=O) groups excluding carboxylic acids is 1. The predicted octanol–water partition coefficient (Wildman–Crippen LogP) is 4.33. The molecule has 0 aliphatic heterocycles. The maximum absolute atomic E-state index is 12.2. The molecule has 0 heterocycles. The van der Waals surface area contributed by atoms with Gasteiger partial charge in [0.2, 0.25) is 5.91 Å². The molecule has 2 N–H and O–H groups in total. The van der Waals surface area contributed by atoms with Gasteiger partial charge in [0.15, 0.2) is 0 Å². The summed E-state index contributed by atoms with van der Waals surface area (Å²) in [7, 11) is 0. The fourth-order valence-corrected chi connectivity index (χ4v) is 2.41. The lowest BCUT2D eigenvalue weighted by Crippen LogP contribution is -2.22. The minimum atomic E-state index is -0.139. The molecule has 152 valence electrons. The first kappa shape index (κ1) is 21.6. The van der Waals surface area contributed by atoms with E-state index in [1.807, 2.05) is 62.4 Å². The number of nitrogens with one attached hydrogen (secondary N) is 2. The van der Waals surface area contributed by atoms with E-state index >= 15 is 0 Å². The molecule has 0 aliphatic rings. The Labute approximate surface area is 167 Å². The zero-order valence-electron chi connectivity index (χ0n) is 16.9. The Bertz CT molecular complexity index is 719. The molecule has 0 fully saturated rings. The standard InChI is InChI=1S/C22H30N2O4/c1-4-17(3)28-19-12-10-18(11-13-19)24-22(25)16-23-20-8-6-7-9-21(20)27-15-14-26-5-2/h6-13,17,23H,4-5,14-16H2,1-3H3,(H,24,25). The van der Waals surface area contributed by atoms with Crippen molar-refractivity contribution >= 4 is 17.3 Å². The van der Waals surface area contributed by atoms with Crippen molar-refractivity contribution in [1.29, 1.82) is 0 Å². The van der Waals surface area contributed by atoms with E-state index in [1.165, 1.54) is 0 Å². The Morgan fingerprint density at radius 3 is 2.50 bits per heavy atom. The topological polar surface area (TPSA) is 68.8 Å². The molecule has 0 aliphatic carbocycles. The van der Waals surface area contributed by atoms with Crippen LogP contribution in [0.25, 0.3) is 0 Å². The molecule has 6 nitrogen and oxygen atoms in total. The fraction of sp³-hybridized carbons (Fsp3) is 0.409. The average Bonchev–Trinajstić information content (AvgIpc) is 2.71. The van der Waals surface area contributed by atoms with Crippen molar-refractivity contribution < 1.29 is 19.0 Å². The maximum atomic E-state index is 12.2. The zero-order valence-corrected chi connectivity index (χ0v) is 16.9. The van der Waals surface area contributed by atoms with Crippen molar-refractivity contribution in [3.05, 3.63) is 48.5 Å². The van der Waals surface area contributed by atoms with Gasteiger partial charge in [-0.05, 0) is 56.7 Å². The first-order valence-electron chi connectivity index (χ1n) is 9.72. The second-order valence-electron chi connectivity index (χ2n) is 6.30. The molecule has 1 unspecified atom stereocenters.